The fraction of sp³-hybridized carbons (Fsp3) is 0. The van der Waals surface area contributed by atoms with Crippen molar-refractivity contribution in [3.05, 3.63) is 18.7 Å². The molecule has 0 amide bonds. The van der Waals surface area contributed by atoms with Gasteiger partial charge in [0, 0.05) is 12.4 Å². The fourth-order valence-corrected chi connectivity index (χ4v) is 0.215. The van der Waals surface area contributed by atoms with E-state index in [4.69, 9.17) is 0 Å². The monoisotopic (exact) mass is 304 g/mol. The van der Waals surface area contributed by atoms with E-state index in [1.165, 1.54) is 0 Å². The minimum Gasteiger partial charge on any atom is -0.351 e. The van der Waals surface area contributed by atoms with Crippen molar-refractivity contribution in [1.82, 2.24) is 9.97 Å². The first-order valence-corrected chi connectivity index (χ1v) is 8.23. The topological polar surface area (TPSA) is 28.7 Å². The number of nitrogens with one attached hydrogen (secondary N) is 1. The molecule has 0 unspecified atom stereocenters. The molecule has 1 N–H and O–H groups in total. The normalized spacial score (nSPS) is 16.8. The van der Waals surface area contributed by atoms with E-state index in [1.807, 2.05) is 0 Å². The van der Waals surface area contributed by atoms with Crippen molar-refractivity contribution < 1.29 is 18.3 Å². The van der Waals surface area contributed by atoms with Gasteiger partial charge >= 0.3 is 37.8 Å². The SMILES string of the molecule is [F][Sb-]([F])([F])([F])([F])[F].[H+].c1c[nH]cn1. The van der Waals surface area contributed by atoms with Gasteiger partial charge in [-0.25, -0.2) is 4.98 Å². The maximum absolute atomic E-state index is 11.2. The van der Waals surface area contributed by atoms with E-state index in [2.05, 4.69) is 9.97 Å². The number of hydrogen-bond acceptors (Lipinski definition) is 1. The standard InChI is InChI=1S/C3H4N2.6FH.Sb/c1-2-5-3-4-1;;;;;;;/h1-3H,(H,4,5);6*1H;/q;;;;;;;+5/p-5. The van der Waals surface area contributed by atoms with Gasteiger partial charge in [-0.15, -0.1) is 0 Å². The van der Waals surface area contributed by atoms with Crippen LogP contribution in [0.2, 0.25) is 0 Å². The fourth-order valence-electron chi connectivity index (χ4n) is 0.215. The van der Waals surface area contributed by atoms with E-state index in [0.717, 1.165) is 0 Å². The van der Waals surface area contributed by atoms with Crippen LogP contribution < -0.4 is 0 Å². The Hall–Kier alpha value is -0.392. The summed E-state index contributed by atoms with van der Waals surface area (Å²) in [5, 5.41) is 0. The summed E-state index contributed by atoms with van der Waals surface area (Å²) in [6.45, 7) is 0. The number of nitrogens with zero attached hydrogens (tertiary/aromatic N) is 1. The first-order valence-electron chi connectivity index (χ1n) is 2.44. The van der Waals surface area contributed by atoms with Crippen LogP contribution in [0.15, 0.2) is 18.7 Å². The van der Waals surface area contributed by atoms with Crippen LogP contribution in [0, 0.1) is 0 Å². The summed E-state index contributed by atoms with van der Waals surface area (Å²) in [6.07, 6.45) is 5.08. The molecular weight excluding hydrogens is 300 g/mol. The number of imidazole rings is 1. The van der Waals surface area contributed by atoms with Gasteiger partial charge in [0.15, 0.2) is 0 Å². The Bertz CT molecular complexity index is 197. The first-order chi connectivity index (χ1) is 4.95. The summed E-state index contributed by atoms with van der Waals surface area (Å²) in [5.41, 5.74) is 0. The minimum absolute atomic E-state index is 0. The predicted molar refractivity (Wildman–Crippen MR) is 32.1 cm³/mol. The summed E-state index contributed by atoms with van der Waals surface area (Å²) in [5.74, 6) is 0. The number of aromatic amines is 1. The van der Waals surface area contributed by atoms with E-state index in [0.29, 0.717) is 0 Å². The molecule has 0 aliphatic rings. The third kappa shape index (κ3) is 33.5. The Morgan fingerprint density at radius 1 is 1.08 bits per heavy atom. The number of rotatable bonds is 0. The smallest absolute Gasteiger partial charge is 0.351 e. The van der Waals surface area contributed by atoms with Crippen LogP contribution in [0.25, 0.3) is 0 Å². The molecule has 0 spiro atoms. The molecule has 0 bridgehead atoms. The number of H-pyrrole nitrogens is 1. The van der Waals surface area contributed by atoms with E-state index < -0.39 is 19.5 Å². The molecule has 0 radical (unpaired) electrons. The molecule has 1 rings (SSSR count). The van der Waals surface area contributed by atoms with Crippen molar-refractivity contribution in [2.75, 3.05) is 0 Å². The van der Waals surface area contributed by atoms with E-state index >= 15 is 0 Å². The number of aromatic nitrogens is 2. The molecule has 2 nitrogen and oxygen atoms in total. The minimum atomic E-state index is -11.2. The predicted octanol–water partition coefficient (Wildman–Crippen LogP) is 2.66. The number of halogens is 6. The zero-order valence-corrected chi connectivity index (χ0v) is 7.95. The maximum atomic E-state index is 9.93. The Labute approximate surface area is 67.0 Å². The molecule has 12 heavy (non-hydrogen) atoms. The van der Waals surface area contributed by atoms with E-state index in [1.54, 1.807) is 18.7 Å². The summed E-state index contributed by atoms with van der Waals surface area (Å²) in [6, 6.07) is 0. The summed E-state index contributed by atoms with van der Waals surface area (Å²) in [7, 11) is 0. The van der Waals surface area contributed by atoms with Crippen molar-refractivity contribution >= 4 is 19.5 Å². The van der Waals surface area contributed by atoms with Gasteiger partial charge in [-0.1, -0.05) is 0 Å². The number of hydrogen-bond donors (Lipinski definition) is 1. The molecule has 1 aromatic rings. The van der Waals surface area contributed by atoms with Crippen LogP contribution in [0.5, 0.6) is 0 Å². The molecule has 0 saturated heterocycles. The van der Waals surface area contributed by atoms with Crippen molar-refractivity contribution in [3.8, 4) is 0 Å². The van der Waals surface area contributed by atoms with Crippen LogP contribution in [0.1, 0.15) is 1.43 Å². The van der Waals surface area contributed by atoms with Crippen molar-refractivity contribution in [2.24, 2.45) is 0 Å². The maximum Gasteiger partial charge on any atom is 1.00 e. The van der Waals surface area contributed by atoms with Crippen LogP contribution in [0.3, 0.4) is 0 Å². The molecule has 0 aliphatic heterocycles. The van der Waals surface area contributed by atoms with Gasteiger partial charge in [0.25, 0.3) is 0 Å². The molecule has 0 aliphatic carbocycles. The summed E-state index contributed by atoms with van der Waals surface area (Å²) in [4.78, 5) is 6.42. The molecule has 1 heterocycles. The zero-order chi connectivity index (χ0) is 9.94. The van der Waals surface area contributed by atoms with Crippen LogP contribution in [-0.2, 0) is 0 Å². The van der Waals surface area contributed by atoms with Crippen LogP contribution in [-0.4, -0.2) is 29.4 Å². The molecule has 9 heteroatoms. The zero-order valence-electron chi connectivity index (χ0n) is 6.39. The molecule has 0 saturated carbocycles. The average molecular weight is 305 g/mol. The third-order valence-electron chi connectivity index (χ3n) is 0.406. The second-order valence-electron chi connectivity index (χ2n) is 1.72. The Balaban J connectivity index is 0. The second-order valence-corrected chi connectivity index (χ2v) is 7.19. The molecule has 74 valence electrons. The van der Waals surface area contributed by atoms with Gasteiger partial charge in [-0.2, -0.15) is 0 Å². The second kappa shape index (κ2) is 2.55. The van der Waals surface area contributed by atoms with Crippen molar-refractivity contribution in [2.45, 2.75) is 0 Å². The molecule has 0 aromatic carbocycles. The van der Waals surface area contributed by atoms with Gasteiger partial charge < -0.3 is 4.98 Å². The largest absolute Gasteiger partial charge is 1.00 e. The van der Waals surface area contributed by atoms with E-state index in [-0.39, 0.29) is 1.43 Å². The van der Waals surface area contributed by atoms with E-state index in [9.17, 15) is 16.9 Å². The summed E-state index contributed by atoms with van der Waals surface area (Å²) >= 11 is -11.2. The quantitative estimate of drug-likeness (QED) is 0.579. The van der Waals surface area contributed by atoms with Crippen molar-refractivity contribution in [3.63, 3.8) is 0 Å². The van der Waals surface area contributed by atoms with Crippen LogP contribution in [0.4, 0.5) is 16.9 Å². The van der Waals surface area contributed by atoms with Gasteiger partial charge in [0.2, 0.25) is 0 Å². The molecular formula is C3H5F6N2Sb. The Morgan fingerprint density at radius 2 is 1.50 bits per heavy atom. The molecule has 0 atom stereocenters. The Morgan fingerprint density at radius 3 is 1.58 bits per heavy atom. The average Bonchev–Trinajstić information content (AvgIpc) is 2.00. The third-order valence-corrected chi connectivity index (χ3v) is 0.406. The first kappa shape index (κ1) is 11.6. The molecule has 0 fully saturated rings. The Kier molecular flexibility index (Phi) is 2.46. The van der Waals surface area contributed by atoms with Crippen molar-refractivity contribution in [1.29, 1.82) is 0 Å². The van der Waals surface area contributed by atoms with Gasteiger partial charge in [-0.3, -0.25) is 0 Å². The van der Waals surface area contributed by atoms with Crippen LogP contribution >= 0.6 is 0 Å². The summed E-state index contributed by atoms with van der Waals surface area (Å²) < 4.78 is 59.6. The molecule has 1 aromatic heterocycles. The van der Waals surface area contributed by atoms with Gasteiger partial charge in [0.05, 0.1) is 6.33 Å². The van der Waals surface area contributed by atoms with Gasteiger partial charge in [0.1, 0.15) is 0 Å². The van der Waals surface area contributed by atoms with Gasteiger partial charge in [-0.05, 0) is 0 Å².